The number of nitrogens with zero attached hydrogens (tertiary/aromatic N) is 5. The molecule has 1 saturated carbocycles. The number of amides is 4. The highest BCUT2D eigenvalue weighted by Crippen LogP contribution is 2.41. The highest BCUT2D eigenvalue weighted by Gasteiger charge is 2.36. The van der Waals surface area contributed by atoms with Crippen molar-refractivity contribution in [2.45, 2.75) is 104 Å². The Morgan fingerprint density at radius 2 is 0.969 bits per heavy atom. The molecule has 5 heterocycles. The molecule has 508 valence electrons. The van der Waals surface area contributed by atoms with Crippen molar-refractivity contribution in [3.05, 3.63) is 265 Å². The van der Waals surface area contributed by atoms with Gasteiger partial charge in [-0.2, -0.15) is 0 Å². The number of carbonyl (C=O) groups excluding carboxylic acids is 4. The SMILES string of the molecule is CC(C)(C)[C@@H](O)C(=O)Nc1cccc(OCc2cccnc2)c1.CN1CSCCC1C(=O)Nc1cccc(OCc2cccnc2)c1.C[C@@H](CC(=O)Nc1cccc(OCc2cccnc2)c1)c1ccccc1.O=C(Nc1cccc(OCc2cccnc2)c1)C1CC2C=CC1CC2. The van der Waals surface area contributed by atoms with E-state index in [2.05, 4.69) is 65.2 Å². The fraction of sp³-hybridized carbons (Fsp3) is 0.291. The second kappa shape index (κ2) is 37.3. The van der Waals surface area contributed by atoms with Gasteiger partial charge in [0, 0.05) is 137 Å². The van der Waals surface area contributed by atoms with Gasteiger partial charge in [0.25, 0.3) is 5.91 Å². The summed E-state index contributed by atoms with van der Waals surface area (Å²) in [5.41, 5.74) is 7.50. The van der Waals surface area contributed by atoms with Crippen LogP contribution in [0.4, 0.5) is 22.7 Å². The predicted molar refractivity (Wildman–Crippen MR) is 386 cm³/mol. The maximum Gasteiger partial charge on any atom is 0.253 e. The van der Waals surface area contributed by atoms with Gasteiger partial charge in [-0.15, -0.1) is 11.8 Å². The Labute approximate surface area is 579 Å². The molecule has 4 amide bonds. The number of allylic oxidation sites excluding steroid dienone is 2. The Hall–Kier alpha value is -10.2. The van der Waals surface area contributed by atoms with Gasteiger partial charge < -0.3 is 45.3 Å². The average Bonchev–Trinajstić information content (AvgIpc) is 0.825. The van der Waals surface area contributed by atoms with Gasteiger partial charge in [-0.25, -0.2) is 0 Å². The summed E-state index contributed by atoms with van der Waals surface area (Å²) in [4.78, 5) is 67.8. The number of aliphatic hydroxyl groups excluding tert-OH is 1. The number of aromatic nitrogens is 4. The molecule has 5 N–H and O–H groups in total. The fourth-order valence-electron chi connectivity index (χ4n) is 11.0. The molecule has 9 aromatic rings. The molecule has 5 aromatic carbocycles. The van der Waals surface area contributed by atoms with Crippen molar-refractivity contribution in [3.63, 3.8) is 0 Å². The number of fused-ring (bicyclic) bond motifs is 2. The molecule has 3 aliphatic carbocycles. The Morgan fingerprint density at radius 3 is 1.36 bits per heavy atom. The lowest BCUT2D eigenvalue weighted by molar-refractivity contribution is -0.129. The smallest absolute Gasteiger partial charge is 0.253 e. The Morgan fingerprint density at radius 1 is 0.531 bits per heavy atom. The van der Waals surface area contributed by atoms with E-state index in [-0.39, 0.29) is 35.6 Å². The summed E-state index contributed by atoms with van der Waals surface area (Å²) in [6.07, 6.45) is 22.1. The molecule has 13 rings (SSSR count). The molecule has 4 unspecified atom stereocenters. The lowest BCUT2D eigenvalue weighted by Gasteiger charge is -2.36. The van der Waals surface area contributed by atoms with E-state index in [9.17, 15) is 24.3 Å². The molecule has 18 nitrogen and oxygen atoms in total. The maximum absolute atomic E-state index is 12.7. The van der Waals surface area contributed by atoms with Crippen molar-refractivity contribution in [3.8, 4) is 23.0 Å². The topological polar surface area (TPSA) is 228 Å². The van der Waals surface area contributed by atoms with E-state index in [1.807, 2.05) is 197 Å². The first-order valence-electron chi connectivity index (χ1n) is 33.0. The molecule has 6 atom stereocenters. The third-order valence-electron chi connectivity index (χ3n) is 16.4. The first-order valence-corrected chi connectivity index (χ1v) is 34.1. The highest BCUT2D eigenvalue weighted by molar-refractivity contribution is 7.99. The molecule has 2 bridgehead atoms. The summed E-state index contributed by atoms with van der Waals surface area (Å²) in [5, 5.41) is 21.7. The number of hydrogen-bond donors (Lipinski definition) is 5. The minimum Gasteiger partial charge on any atom is -0.489 e. The monoisotopic (exact) mass is 1340 g/mol. The lowest BCUT2D eigenvalue weighted by Crippen LogP contribution is -2.44. The number of anilines is 4. The van der Waals surface area contributed by atoms with E-state index in [1.165, 1.54) is 6.42 Å². The second-order valence-electron chi connectivity index (χ2n) is 25.3. The second-order valence-corrected chi connectivity index (χ2v) is 26.4. The molecule has 1 aliphatic heterocycles. The summed E-state index contributed by atoms with van der Waals surface area (Å²) < 4.78 is 23.0. The first kappa shape index (κ1) is 72.1. The van der Waals surface area contributed by atoms with E-state index in [0.29, 0.717) is 61.9 Å². The van der Waals surface area contributed by atoms with Crippen LogP contribution in [0.25, 0.3) is 0 Å². The van der Waals surface area contributed by atoms with Crippen molar-refractivity contribution >= 4 is 58.1 Å². The van der Waals surface area contributed by atoms with Crippen LogP contribution in [-0.4, -0.2) is 84.4 Å². The molecular formula is C79H87N9O9S. The molecule has 19 heteroatoms. The number of aliphatic hydroxyl groups is 1. The van der Waals surface area contributed by atoms with E-state index in [1.54, 1.807) is 67.8 Å². The van der Waals surface area contributed by atoms with Gasteiger partial charge in [-0.1, -0.05) is 119 Å². The van der Waals surface area contributed by atoms with E-state index >= 15 is 0 Å². The van der Waals surface area contributed by atoms with Crippen LogP contribution >= 0.6 is 11.8 Å². The molecule has 2 fully saturated rings. The number of hydrogen-bond acceptors (Lipinski definition) is 15. The molecule has 4 aromatic heterocycles. The van der Waals surface area contributed by atoms with Crippen LogP contribution in [0, 0.1) is 23.2 Å². The van der Waals surface area contributed by atoms with Crippen LogP contribution in [0.2, 0.25) is 0 Å². The van der Waals surface area contributed by atoms with Crippen molar-refractivity contribution in [1.29, 1.82) is 0 Å². The van der Waals surface area contributed by atoms with E-state index in [0.717, 1.165) is 87.3 Å². The highest BCUT2D eigenvalue weighted by atomic mass is 32.2. The first-order chi connectivity index (χ1) is 47.6. The van der Waals surface area contributed by atoms with Crippen LogP contribution in [0.15, 0.2) is 238 Å². The number of likely N-dealkylation sites (N-methyl/N-ethyl adjacent to an activating group) is 1. The summed E-state index contributed by atoms with van der Waals surface area (Å²) in [6.45, 7) is 9.24. The predicted octanol–water partition coefficient (Wildman–Crippen LogP) is 15.0. The maximum atomic E-state index is 12.7. The summed E-state index contributed by atoms with van der Waals surface area (Å²) >= 11 is 1.86. The van der Waals surface area contributed by atoms with E-state index < -0.39 is 17.4 Å². The molecule has 4 aliphatic rings. The van der Waals surface area contributed by atoms with Gasteiger partial charge in [-0.05, 0) is 140 Å². The van der Waals surface area contributed by atoms with Crippen LogP contribution in [0.5, 0.6) is 23.0 Å². The molecule has 98 heavy (non-hydrogen) atoms. The van der Waals surface area contributed by atoms with Crippen LogP contribution in [0.3, 0.4) is 0 Å². The lowest BCUT2D eigenvalue weighted by atomic mass is 9.69. The van der Waals surface area contributed by atoms with Gasteiger partial charge in [0.15, 0.2) is 0 Å². The van der Waals surface area contributed by atoms with Crippen LogP contribution in [-0.2, 0) is 45.6 Å². The number of pyridine rings is 4. The number of benzene rings is 5. The third-order valence-corrected chi connectivity index (χ3v) is 17.6. The minimum absolute atomic E-state index is 0.00855. The summed E-state index contributed by atoms with van der Waals surface area (Å²) in [5.74, 6) is 5.71. The zero-order chi connectivity index (χ0) is 68.9. The molecular weight excluding hydrogens is 1250 g/mol. The number of carbonyl (C=O) groups is 4. The summed E-state index contributed by atoms with van der Waals surface area (Å²) in [6, 6.07) is 54.9. The van der Waals surface area contributed by atoms with Crippen molar-refractivity contribution in [2.24, 2.45) is 23.2 Å². The normalized spacial score (nSPS) is 16.6. The standard InChI is InChI=1S/C22H22N2O2.C21H22N2O2.C18H21N3O2S.C18H22N2O3/c1-17(19-8-3-2-4-9-19)13-22(25)24-20-10-5-11-21(14-20)26-16-18-7-6-12-23-15-18;24-21(20-11-15-6-8-17(20)9-7-15)23-18-4-1-5-19(12-18)25-14-16-3-2-10-22-13-16;1-21-13-24-9-7-17(21)18(22)20-15-5-2-6-16(10-15)23-12-14-4-3-8-19-11-14;1-18(2,3)16(21)17(22)20-14-7-4-8-15(10-14)23-12-13-6-5-9-19-11-13/h2-12,14-15,17H,13,16H2,1H3,(H,24,25);1-6,8,10,12-13,15,17,20H,7,9,11,14H2,(H,23,24);2-6,8,10-11,17H,7,9,12-13H2,1H3,(H,20,22);4-11,16,21H,12H2,1-3H3,(H,20,22)/t17-;;;16-/m0..0/s1. The van der Waals surface area contributed by atoms with Gasteiger partial charge in [0.05, 0.1) is 6.04 Å². The Kier molecular flexibility index (Phi) is 27.5. The fourth-order valence-corrected chi connectivity index (χ4v) is 12.0. The Bertz CT molecular complexity index is 3970. The number of nitrogens with one attached hydrogen (secondary N) is 4. The largest absolute Gasteiger partial charge is 0.489 e. The zero-order valence-corrected chi connectivity index (χ0v) is 56.9. The van der Waals surface area contributed by atoms with Crippen molar-refractivity contribution in [2.75, 3.05) is 39.9 Å². The third kappa shape index (κ3) is 23.9. The van der Waals surface area contributed by atoms with E-state index in [4.69, 9.17) is 18.9 Å². The van der Waals surface area contributed by atoms with Crippen molar-refractivity contribution < 1.29 is 43.2 Å². The van der Waals surface area contributed by atoms with Gasteiger partial charge in [0.1, 0.15) is 55.5 Å². The van der Waals surface area contributed by atoms with Crippen LogP contribution < -0.4 is 40.2 Å². The minimum atomic E-state index is -1.08. The number of ether oxygens (including phenoxy) is 4. The molecule has 0 radical (unpaired) electrons. The quantitative estimate of drug-likeness (QED) is 0.0398. The number of thioether (sulfide) groups is 1. The average molecular weight is 1340 g/mol. The van der Waals surface area contributed by atoms with Crippen LogP contribution in [0.1, 0.15) is 93.5 Å². The zero-order valence-electron chi connectivity index (χ0n) is 56.1. The summed E-state index contributed by atoms with van der Waals surface area (Å²) in [7, 11) is 1.99. The number of rotatable bonds is 22. The molecule has 0 spiro atoms. The Balaban J connectivity index is 0.000000153. The van der Waals surface area contributed by atoms with Gasteiger partial charge in [0.2, 0.25) is 17.7 Å². The van der Waals surface area contributed by atoms with Gasteiger partial charge in [-0.3, -0.25) is 44.0 Å². The van der Waals surface area contributed by atoms with Crippen molar-refractivity contribution in [1.82, 2.24) is 24.8 Å². The molecule has 1 saturated heterocycles. The van der Waals surface area contributed by atoms with Gasteiger partial charge >= 0.3 is 0 Å².